The van der Waals surface area contributed by atoms with E-state index in [9.17, 15) is 13.2 Å². The molecule has 0 radical (unpaired) electrons. The normalized spacial score (nSPS) is 20.4. The van der Waals surface area contributed by atoms with Crippen molar-refractivity contribution < 1.29 is 22.7 Å². The molecule has 1 amide bonds. The number of sulfonamides is 1. The molecular weight excluding hydrogens is 456 g/mol. The number of rotatable bonds is 8. The fourth-order valence-corrected chi connectivity index (χ4v) is 5.87. The Morgan fingerprint density at radius 3 is 2.71 bits per heavy atom. The summed E-state index contributed by atoms with van der Waals surface area (Å²) in [5.74, 6) is 0.322. The van der Waals surface area contributed by atoms with Gasteiger partial charge in [-0.05, 0) is 56.7 Å². The highest BCUT2D eigenvalue weighted by molar-refractivity contribution is 7.89. The predicted molar refractivity (Wildman–Crippen MR) is 128 cm³/mol. The Hall–Kier alpha value is -2.27. The van der Waals surface area contributed by atoms with Crippen LogP contribution in [0.1, 0.15) is 43.5 Å². The van der Waals surface area contributed by atoms with Gasteiger partial charge in [0.15, 0.2) is 5.03 Å². The summed E-state index contributed by atoms with van der Waals surface area (Å²) in [4.78, 5) is 17.0. The number of nitrogens with one attached hydrogen (secondary N) is 1. The minimum absolute atomic E-state index is 0.0597. The van der Waals surface area contributed by atoms with E-state index in [2.05, 4.69) is 10.3 Å². The number of nitrogens with zero attached hydrogens (tertiary/aromatic N) is 3. The smallest absolute Gasteiger partial charge is 0.262 e. The van der Waals surface area contributed by atoms with Crippen LogP contribution in [0.25, 0.3) is 0 Å². The van der Waals surface area contributed by atoms with E-state index in [0.29, 0.717) is 45.0 Å². The molecule has 2 aliphatic rings. The maximum absolute atomic E-state index is 12.9. The van der Waals surface area contributed by atoms with Gasteiger partial charge in [0, 0.05) is 44.5 Å². The number of hydrogen-bond acceptors (Lipinski definition) is 6. The summed E-state index contributed by atoms with van der Waals surface area (Å²) in [6, 6.07) is 7.65. The maximum atomic E-state index is 12.9. The zero-order valence-electron chi connectivity index (χ0n) is 19.9. The molecule has 0 bridgehead atoms. The average Bonchev–Trinajstić information content (AvgIpc) is 3.19. The van der Waals surface area contributed by atoms with Gasteiger partial charge in [-0.1, -0.05) is 12.1 Å². The van der Waals surface area contributed by atoms with E-state index < -0.39 is 10.0 Å². The van der Waals surface area contributed by atoms with Crippen molar-refractivity contribution in [2.24, 2.45) is 13.0 Å². The van der Waals surface area contributed by atoms with Crippen molar-refractivity contribution in [1.82, 2.24) is 13.9 Å². The Balaban J connectivity index is 1.26. The minimum atomic E-state index is -3.65. The average molecular weight is 491 g/mol. The molecule has 1 unspecified atom stereocenters. The maximum Gasteiger partial charge on any atom is 0.262 e. The number of carbonyl (C=O) groups is 1. The quantitative estimate of drug-likeness (QED) is 0.610. The van der Waals surface area contributed by atoms with Crippen LogP contribution in [0.15, 0.2) is 35.5 Å². The molecule has 186 valence electrons. The molecule has 1 atom stereocenters. The Labute approximate surface area is 201 Å². The van der Waals surface area contributed by atoms with E-state index >= 15 is 0 Å². The van der Waals surface area contributed by atoms with Gasteiger partial charge in [-0.2, -0.15) is 4.31 Å². The van der Waals surface area contributed by atoms with Crippen molar-refractivity contribution in [3.05, 3.63) is 41.9 Å². The summed E-state index contributed by atoms with van der Waals surface area (Å²) in [5.41, 5.74) is 1.71. The van der Waals surface area contributed by atoms with E-state index in [1.165, 1.54) is 16.9 Å². The lowest BCUT2D eigenvalue weighted by Crippen LogP contribution is -2.41. The molecule has 0 aliphatic carbocycles. The van der Waals surface area contributed by atoms with Crippen LogP contribution in [0.3, 0.4) is 0 Å². The predicted octanol–water partition coefficient (Wildman–Crippen LogP) is 2.85. The molecule has 10 heteroatoms. The summed E-state index contributed by atoms with van der Waals surface area (Å²) in [5, 5.41) is 3.04. The van der Waals surface area contributed by atoms with Crippen molar-refractivity contribution in [1.29, 1.82) is 0 Å². The number of aryl methyl sites for hydroxylation is 2. The molecule has 2 saturated heterocycles. The molecule has 1 aromatic carbocycles. The topological polar surface area (TPSA) is 103 Å². The minimum Gasteiger partial charge on any atom is -0.376 e. The van der Waals surface area contributed by atoms with Crippen LogP contribution in [0, 0.1) is 12.8 Å². The number of carbonyl (C=O) groups excluding carboxylic acids is 1. The molecule has 9 nitrogen and oxygen atoms in total. The lowest BCUT2D eigenvalue weighted by atomic mass is 9.97. The van der Waals surface area contributed by atoms with Gasteiger partial charge in [-0.15, -0.1) is 0 Å². The van der Waals surface area contributed by atoms with Gasteiger partial charge in [0.25, 0.3) is 10.0 Å². The first-order chi connectivity index (χ1) is 16.3. The zero-order valence-corrected chi connectivity index (χ0v) is 20.7. The number of anilines is 1. The van der Waals surface area contributed by atoms with Gasteiger partial charge in [0.2, 0.25) is 5.91 Å². The number of imidazole rings is 1. The van der Waals surface area contributed by atoms with Gasteiger partial charge in [0.1, 0.15) is 5.82 Å². The summed E-state index contributed by atoms with van der Waals surface area (Å²) >= 11 is 0. The number of ether oxygens (including phenoxy) is 2. The number of aromatic nitrogens is 2. The SMILES string of the molecule is Cc1nc(S(=O)(=O)N2CCC(C(=O)Nc3cccc(COCC4CCCCO4)c3)CC2)cn1C. The highest BCUT2D eigenvalue weighted by Crippen LogP contribution is 2.25. The Kier molecular flexibility index (Phi) is 8.02. The second kappa shape index (κ2) is 11.0. The van der Waals surface area contributed by atoms with E-state index in [1.807, 2.05) is 24.3 Å². The molecule has 34 heavy (non-hydrogen) atoms. The molecule has 2 aliphatic heterocycles. The van der Waals surface area contributed by atoms with Crippen molar-refractivity contribution in [3.8, 4) is 0 Å². The molecule has 2 aromatic rings. The fourth-order valence-electron chi connectivity index (χ4n) is 4.37. The van der Waals surface area contributed by atoms with Crippen LogP contribution >= 0.6 is 0 Å². The van der Waals surface area contributed by atoms with Gasteiger partial charge in [-0.3, -0.25) is 4.79 Å². The molecule has 4 rings (SSSR count). The molecule has 0 spiro atoms. The molecule has 1 N–H and O–H groups in total. The number of benzene rings is 1. The first kappa shape index (κ1) is 24.8. The summed E-state index contributed by atoms with van der Waals surface area (Å²) < 4.78 is 40.4. The van der Waals surface area contributed by atoms with Crippen molar-refractivity contribution in [2.45, 2.75) is 56.8 Å². The van der Waals surface area contributed by atoms with Gasteiger partial charge >= 0.3 is 0 Å². The molecule has 1 aromatic heterocycles. The third-order valence-corrected chi connectivity index (χ3v) is 8.33. The number of amides is 1. The third-order valence-electron chi connectivity index (χ3n) is 6.56. The van der Waals surface area contributed by atoms with Crippen LogP contribution in [-0.2, 0) is 37.9 Å². The van der Waals surface area contributed by atoms with Crippen LogP contribution in [-0.4, -0.2) is 60.6 Å². The second-order valence-electron chi connectivity index (χ2n) is 9.11. The van der Waals surface area contributed by atoms with Gasteiger partial charge in [-0.25, -0.2) is 13.4 Å². The van der Waals surface area contributed by atoms with Crippen molar-refractivity contribution in [3.63, 3.8) is 0 Å². The highest BCUT2D eigenvalue weighted by Gasteiger charge is 2.33. The van der Waals surface area contributed by atoms with E-state index in [-0.39, 0.29) is 23.0 Å². The summed E-state index contributed by atoms with van der Waals surface area (Å²) in [6.45, 7) is 4.22. The van der Waals surface area contributed by atoms with Crippen LogP contribution in [0.4, 0.5) is 5.69 Å². The van der Waals surface area contributed by atoms with Crippen molar-refractivity contribution in [2.75, 3.05) is 31.6 Å². The Morgan fingerprint density at radius 1 is 1.24 bits per heavy atom. The van der Waals surface area contributed by atoms with Gasteiger partial charge < -0.3 is 19.4 Å². The largest absolute Gasteiger partial charge is 0.376 e. The number of piperidine rings is 1. The Morgan fingerprint density at radius 2 is 2.03 bits per heavy atom. The molecule has 3 heterocycles. The number of hydrogen-bond donors (Lipinski definition) is 1. The second-order valence-corrected chi connectivity index (χ2v) is 11.0. The van der Waals surface area contributed by atoms with E-state index in [4.69, 9.17) is 9.47 Å². The lowest BCUT2D eigenvalue weighted by molar-refractivity contribution is -0.120. The molecule has 2 fully saturated rings. The first-order valence-corrected chi connectivity index (χ1v) is 13.4. The monoisotopic (exact) mass is 490 g/mol. The molecular formula is C24H34N4O5S. The fraction of sp³-hybridized carbons (Fsp3) is 0.583. The van der Waals surface area contributed by atoms with Crippen LogP contribution in [0.5, 0.6) is 0 Å². The standard InChI is InChI=1S/C24H34N4O5S/c1-18-25-23(15-27(18)2)34(30,31)28-11-9-20(10-12-28)24(29)26-21-7-5-6-19(14-21)16-32-17-22-8-3-4-13-33-22/h5-7,14-15,20,22H,3-4,8-13,16-17H2,1-2H3,(H,26,29). The summed E-state index contributed by atoms with van der Waals surface area (Å²) in [7, 11) is -1.88. The zero-order chi connectivity index (χ0) is 24.1. The van der Waals surface area contributed by atoms with Gasteiger partial charge in [0.05, 0.1) is 19.3 Å². The van der Waals surface area contributed by atoms with Crippen LogP contribution < -0.4 is 5.32 Å². The Bertz CT molecular complexity index is 1070. The molecule has 0 saturated carbocycles. The highest BCUT2D eigenvalue weighted by atomic mass is 32.2. The van der Waals surface area contributed by atoms with E-state index in [1.54, 1.807) is 18.5 Å². The summed E-state index contributed by atoms with van der Waals surface area (Å²) in [6.07, 6.45) is 6.00. The van der Waals surface area contributed by atoms with Crippen LogP contribution in [0.2, 0.25) is 0 Å². The first-order valence-electron chi connectivity index (χ1n) is 11.9. The lowest BCUT2D eigenvalue weighted by Gasteiger charge is -2.30. The third kappa shape index (κ3) is 6.04. The van der Waals surface area contributed by atoms with Crippen molar-refractivity contribution >= 4 is 21.6 Å². The van der Waals surface area contributed by atoms with E-state index in [0.717, 1.165) is 30.7 Å².